The van der Waals surface area contributed by atoms with Crippen molar-refractivity contribution in [2.45, 2.75) is 20.3 Å². The monoisotopic (exact) mass is 158 g/mol. The molecule has 0 fully saturated rings. The maximum atomic E-state index is 12.6. The molecular formula is C9H12F2. The van der Waals surface area contributed by atoms with Gasteiger partial charge in [0.15, 0.2) is 11.7 Å². The minimum atomic E-state index is -0.707. The lowest BCUT2D eigenvalue weighted by Crippen LogP contribution is -2.08. The van der Waals surface area contributed by atoms with Crippen LogP contribution in [0.2, 0.25) is 0 Å². The van der Waals surface area contributed by atoms with Crippen molar-refractivity contribution < 1.29 is 8.78 Å². The highest BCUT2D eigenvalue weighted by molar-refractivity contribution is 5.23. The predicted octanol–water partition coefficient (Wildman–Crippen LogP) is 3.37. The van der Waals surface area contributed by atoms with Crippen molar-refractivity contribution in [3.63, 3.8) is 0 Å². The van der Waals surface area contributed by atoms with Crippen molar-refractivity contribution in [3.8, 4) is 0 Å². The first-order valence-electron chi connectivity index (χ1n) is 3.84. The van der Waals surface area contributed by atoms with Gasteiger partial charge < -0.3 is 0 Å². The van der Waals surface area contributed by atoms with Crippen molar-refractivity contribution in [1.82, 2.24) is 0 Å². The van der Waals surface area contributed by atoms with Gasteiger partial charge in [-0.1, -0.05) is 13.8 Å². The summed E-state index contributed by atoms with van der Waals surface area (Å²) in [5.41, 5.74) is 0. The van der Waals surface area contributed by atoms with Crippen LogP contribution in [0.3, 0.4) is 0 Å². The molecule has 62 valence electrons. The fourth-order valence-corrected chi connectivity index (χ4v) is 1.14. The van der Waals surface area contributed by atoms with Crippen LogP contribution in [-0.4, -0.2) is 0 Å². The highest BCUT2D eigenvalue weighted by Crippen LogP contribution is 2.28. The molecule has 2 heteroatoms. The van der Waals surface area contributed by atoms with E-state index in [-0.39, 0.29) is 5.92 Å². The van der Waals surface area contributed by atoms with Gasteiger partial charge in [0.1, 0.15) is 0 Å². The fraction of sp³-hybridized carbons (Fsp3) is 0.556. The summed E-state index contributed by atoms with van der Waals surface area (Å²) < 4.78 is 25.0. The van der Waals surface area contributed by atoms with E-state index < -0.39 is 11.7 Å². The van der Waals surface area contributed by atoms with Crippen molar-refractivity contribution >= 4 is 0 Å². The van der Waals surface area contributed by atoms with E-state index >= 15 is 0 Å². The Morgan fingerprint density at radius 1 is 1.36 bits per heavy atom. The molecular weight excluding hydrogens is 146 g/mol. The third-order valence-corrected chi connectivity index (χ3v) is 2.01. The Labute approximate surface area is 65.6 Å². The van der Waals surface area contributed by atoms with Crippen molar-refractivity contribution in [3.05, 3.63) is 23.8 Å². The zero-order chi connectivity index (χ0) is 8.43. The van der Waals surface area contributed by atoms with E-state index in [0.29, 0.717) is 12.3 Å². The maximum Gasteiger partial charge on any atom is 0.154 e. The summed E-state index contributed by atoms with van der Waals surface area (Å²) in [5, 5.41) is 0. The number of hydrogen-bond acceptors (Lipinski definition) is 0. The normalized spacial score (nSPS) is 25.0. The van der Waals surface area contributed by atoms with Gasteiger partial charge in [0, 0.05) is 0 Å². The lowest BCUT2D eigenvalue weighted by molar-refractivity contribution is 0.429. The van der Waals surface area contributed by atoms with E-state index in [0.717, 1.165) is 0 Å². The van der Waals surface area contributed by atoms with Gasteiger partial charge in [-0.3, -0.25) is 0 Å². The van der Waals surface area contributed by atoms with Crippen LogP contribution in [0.15, 0.2) is 23.8 Å². The van der Waals surface area contributed by atoms with Gasteiger partial charge >= 0.3 is 0 Å². The fourth-order valence-electron chi connectivity index (χ4n) is 1.14. The molecule has 0 spiro atoms. The van der Waals surface area contributed by atoms with Crippen LogP contribution in [0.1, 0.15) is 20.3 Å². The molecule has 0 radical (unpaired) electrons. The molecule has 0 N–H and O–H groups in total. The van der Waals surface area contributed by atoms with Crippen LogP contribution in [0.5, 0.6) is 0 Å². The van der Waals surface area contributed by atoms with Gasteiger partial charge in [0.05, 0.1) is 0 Å². The molecule has 0 nitrogen and oxygen atoms in total. The van der Waals surface area contributed by atoms with Crippen LogP contribution in [0.4, 0.5) is 8.78 Å². The Bertz CT molecular complexity index is 202. The lowest BCUT2D eigenvalue weighted by Gasteiger charge is -2.17. The maximum absolute atomic E-state index is 12.6. The summed E-state index contributed by atoms with van der Waals surface area (Å²) in [6.07, 6.45) is 3.32. The van der Waals surface area contributed by atoms with Gasteiger partial charge in [-0.25, -0.2) is 8.78 Å². The van der Waals surface area contributed by atoms with E-state index in [2.05, 4.69) is 0 Å². The lowest BCUT2D eigenvalue weighted by atomic mass is 9.89. The summed E-state index contributed by atoms with van der Waals surface area (Å²) in [6.45, 7) is 4.01. The molecule has 0 saturated carbocycles. The second kappa shape index (κ2) is 3.16. The largest absolute Gasteiger partial charge is 0.204 e. The molecule has 0 amide bonds. The van der Waals surface area contributed by atoms with Crippen molar-refractivity contribution in [1.29, 1.82) is 0 Å². The van der Waals surface area contributed by atoms with E-state index in [1.165, 1.54) is 12.2 Å². The summed E-state index contributed by atoms with van der Waals surface area (Å²) >= 11 is 0. The highest BCUT2D eigenvalue weighted by atomic mass is 19.2. The van der Waals surface area contributed by atoms with Gasteiger partial charge in [0.25, 0.3) is 0 Å². The topological polar surface area (TPSA) is 0 Å². The summed E-state index contributed by atoms with van der Waals surface area (Å²) in [7, 11) is 0. The number of halogens is 2. The van der Waals surface area contributed by atoms with Gasteiger partial charge in [-0.2, -0.15) is 0 Å². The third kappa shape index (κ3) is 1.88. The molecule has 0 aromatic heterocycles. The van der Waals surface area contributed by atoms with Gasteiger partial charge in [-0.05, 0) is 30.4 Å². The van der Waals surface area contributed by atoms with Crippen LogP contribution >= 0.6 is 0 Å². The zero-order valence-corrected chi connectivity index (χ0v) is 6.77. The molecule has 1 atom stereocenters. The van der Waals surface area contributed by atoms with Crippen molar-refractivity contribution in [2.75, 3.05) is 0 Å². The molecule has 0 bridgehead atoms. The van der Waals surface area contributed by atoms with E-state index in [1.54, 1.807) is 0 Å². The molecule has 0 aromatic carbocycles. The van der Waals surface area contributed by atoms with Gasteiger partial charge in [-0.15, -0.1) is 0 Å². The average molecular weight is 158 g/mol. The first-order chi connectivity index (χ1) is 5.11. The molecule has 0 aromatic rings. The highest BCUT2D eigenvalue weighted by Gasteiger charge is 2.17. The molecule has 1 aliphatic rings. The Morgan fingerprint density at radius 2 is 2.00 bits per heavy atom. The van der Waals surface area contributed by atoms with Crippen molar-refractivity contribution in [2.24, 2.45) is 11.8 Å². The Hall–Kier alpha value is -0.660. The quantitative estimate of drug-likeness (QED) is 0.548. The Kier molecular flexibility index (Phi) is 2.42. The smallest absolute Gasteiger partial charge is 0.154 e. The number of allylic oxidation sites excluding steroid dienone is 4. The van der Waals surface area contributed by atoms with Crippen LogP contribution in [-0.2, 0) is 0 Å². The number of rotatable bonds is 1. The van der Waals surface area contributed by atoms with Gasteiger partial charge in [0.2, 0.25) is 0 Å². The Morgan fingerprint density at radius 3 is 2.45 bits per heavy atom. The summed E-state index contributed by atoms with van der Waals surface area (Å²) in [4.78, 5) is 0. The second-order valence-corrected chi connectivity index (χ2v) is 3.21. The predicted molar refractivity (Wildman–Crippen MR) is 41.3 cm³/mol. The molecule has 0 heterocycles. The SMILES string of the molecule is CC(C)C1C=C(F)C(F)=CC1. The zero-order valence-electron chi connectivity index (χ0n) is 6.77. The van der Waals surface area contributed by atoms with E-state index in [4.69, 9.17) is 0 Å². The first-order valence-corrected chi connectivity index (χ1v) is 3.84. The summed E-state index contributed by atoms with van der Waals surface area (Å²) in [5.74, 6) is -0.864. The van der Waals surface area contributed by atoms with Crippen LogP contribution in [0.25, 0.3) is 0 Å². The molecule has 1 rings (SSSR count). The minimum absolute atomic E-state index is 0.162. The second-order valence-electron chi connectivity index (χ2n) is 3.21. The Balaban J connectivity index is 2.69. The number of hydrogen-bond donors (Lipinski definition) is 0. The molecule has 0 aliphatic heterocycles. The minimum Gasteiger partial charge on any atom is -0.204 e. The van der Waals surface area contributed by atoms with E-state index in [9.17, 15) is 8.78 Å². The third-order valence-electron chi connectivity index (χ3n) is 2.01. The van der Waals surface area contributed by atoms with Crippen LogP contribution < -0.4 is 0 Å². The molecule has 11 heavy (non-hydrogen) atoms. The van der Waals surface area contributed by atoms with Crippen LogP contribution in [0, 0.1) is 11.8 Å². The standard InChI is InChI=1S/C9H12F2/c1-6(2)7-3-4-8(10)9(11)5-7/h4-7H,3H2,1-2H3. The summed E-state index contributed by atoms with van der Waals surface area (Å²) in [6, 6.07) is 0. The molecule has 1 unspecified atom stereocenters. The average Bonchev–Trinajstić information content (AvgIpc) is 1.94. The molecule has 0 saturated heterocycles. The molecule has 1 aliphatic carbocycles. The van der Waals surface area contributed by atoms with E-state index in [1.807, 2.05) is 13.8 Å². The first kappa shape index (κ1) is 8.44.